The molecule has 0 aliphatic heterocycles. The van der Waals surface area contributed by atoms with Crippen LogP contribution >= 0.6 is 11.6 Å². The zero-order chi connectivity index (χ0) is 24.4. The van der Waals surface area contributed by atoms with Gasteiger partial charge in [-0.05, 0) is 47.5 Å². The quantitative estimate of drug-likeness (QED) is 0.341. The molecule has 0 saturated carbocycles. The van der Waals surface area contributed by atoms with Crippen LogP contribution < -0.4 is 15.8 Å². The molecule has 9 heteroatoms. The number of carbonyl (C=O) groups excluding carboxylic acids is 1. The van der Waals surface area contributed by atoms with Gasteiger partial charge in [0.1, 0.15) is 22.6 Å². The standard InChI is InChI=1S/C26H21ClN6O2/c1-35-19-11-9-16(10-12-19)14-29-26(34)22-23-25(32-21-8-3-2-7-20(21)31-23)33(24(22)28)30-15-17-5-4-6-18(27)13-17/h2-13,15H,14,28H2,1H3,(H,29,34)/b30-15-. The summed E-state index contributed by atoms with van der Waals surface area (Å²) >= 11 is 6.09. The van der Waals surface area contributed by atoms with E-state index in [1.54, 1.807) is 25.5 Å². The fraction of sp³-hybridized carbons (Fsp3) is 0.0769. The molecular formula is C26H21ClN6O2. The summed E-state index contributed by atoms with van der Waals surface area (Å²) in [4.78, 5) is 22.7. The van der Waals surface area contributed by atoms with Crippen molar-refractivity contribution in [2.45, 2.75) is 6.54 Å². The van der Waals surface area contributed by atoms with Crippen molar-refractivity contribution < 1.29 is 9.53 Å². The number of anilines is 1. The number of para-hydroxylation sites is 2. The number of rotatable bonds is 6. The molecule has 0 radical (unpaired) electrons. The first-order valence-corrected chi connectivity index (χ1v) is 11.2. The van der Waals surface area contributed by atoms with Gasteiger partial charge in [-0.2, -0.15) is 9.78 Å². The fourth-order valence-corrected chi connectivity index (χ4v) is 3.91. The van der Waals surface area contributed by atoms with Gasteiger partial charge in [0, 0.05) is 11.6 Å². The molecule has 0 aliphatic carbocycles. The molecule has 2 aromatic heterocycles. The number of nitrogens with zero attached hydrogens (tertiary/aromatic N) is 4. The van der Waals surface area contributed by atoms with E-state index in [-0.39, 0.29) is 17.3 Å². The lowest BCUT2D eigenvalue weighted by Crippen LogP contribution is -2.23. The Labute approximate surface area is 206 Å². The van der Waals surface area contributed by atoms with Gasteiger partial charge in [-0.25, -0.2) is 9.97 Å². The van der Waals surface area contributed by atoms with E-state index in [1.807, 2.05) is 60.7 Å². The zero-order valence-electron chi connectivity index (χ0n) is 18.8. The lowest BCUT2D eigenvalue weighted by molar-refractivity contribution is 0.0953. The monoisotopic (exact) mass is 484 g/mol. The Bertz CT molecular complexity index is 1580. The van der Waals surface area contributed by atoms with Crippen molar-refractivity contribution >= 4 is 51.7 Å². The summed E-state index contributed by atoms with van der Waals surface area (Å²) in [5, 5.41) is 8.01. The third-order valence-corrected chi connectivity index (χ3v) is 5.72. The second-order valence-electron chi connectivity index (χ2n) is 7.79. The Hall–Kier alpha value is -4.43. The van der Waals surface area contributed by atoms with Gasteiger partial charge in [0.05, 0.1) is 24.4 Å². The highest BCUT2D eigenvalue weighted by atomic mass is 35.5. The summed E-state index contributed by atoms with van der Waals surface area (Å²) in [6.45, 7) is 0.307. The van der Waals surface area contributed by atoms with Crippen LogP contribution in [0.1, 0.15) is 21.5 Å². The molecule has 0 spiro atoms. The predicted octanol–water partition coefficient (Wildman–Crippen LogP) is 4.64. The van der Waals surface area contributed by atoms with E-state index in [0.717, 1.165) is 16.9 Å². The van der Waals surface area contributed by atoms with Gasteiger partial charge >= 0.3 is 0 Å². The number of hydrogen-bond acceptors (Lipinski definition) is 6. The molecule has 0 aliphatic rings. The van der Waals surface area contributed by atoms with Gasteiger partial charge in [-0.1, -0.05) is 48.0 Å². The minimum absolute atomic E-state index is 0.140. The largest absolute Gasteiger partial charge is 0.497 e. The number of benzene rings is 3. The van der Waals surface area contributed by atoms with E-state index in [1.165, 1.54) is 4.68 Å². The van der Waals surface area contributed by atoms with Crippen molar-refractivity contribution in [3.63, 3.8) is 0 Å². The zero-order valence-corrected chi connectivity index (χ0v) is 19.5. The van der Waals surface area contributed by atoms with Gasteiger partial charge in [0.2, 0.25) is 0 Å². The maximum atomic E-state index is 13.3. The van der Waals surface area contributed by atoms with Gasteiger partial charge < -0.3 is 15.8 Å². The third kappa shape index (κ3) is 4.51. The minimum atomic E-state index is -0.371. The summed E-state index contributed by atoms with van der Waals surface area (Å²) in [5.74, 6) is 0.512. The van der Waals surface area contributed by atoms with Gasteiger partial charge in [-0.15, -0.1) is 0 Å². The summed E-state index contributed by atoms with van der Waals surface area (Å²) in [7, 11) is 1.61. The van der Waals surface area contributed by atoms with Crippen LogP contribution in [-0.4, -0.2) is 33.9 Å². The highest BCUT2D eigenvalue weighted by Gasteiger charge is 2.24. The van der Waals surface area contributed by atoms with E-state index in [4.69, 9.17) is 32.0 Å². The molecule has 0 unspecified atom stereocenters. The molecule has 0 atom stereocenters. The van der Waals surface area contributed by atoms with Crippen molar-refractivity contribution in [3.05, 3.63) is 94.5 Å². The number of fused-ring (bicyclic) bond motifs is 2. The van der Waals surface area contributed by atoms with Crippen molar-refractivity contribution in [2.24, 2.45) is 5.10 Å². The van der Waals surface area contributed by atoms with Crippen LogP contribution in [0.3, 0.4) is 0 Å². The van der Waals surface area contributed by atoms with Gasteiger partial charge in [0.15, 0.2) is 5.65 Å². The van der Waals surface area contributed by atoms with Crippen molar-refractivity contribution in [3.8, 4) is 5.75 Å². The molecule has 1 amide bonds. The van der Waals surface area contributed by atoms with Gasteiger partial charge in [0.25, 0.3) is 5.91 Å². The number of amides is 1. The van der Waals surface area contributed by atoms with Crippen LogP contribution in [0.4, 0.5) is 5.82 Å². The third-order valence-electron chi connectivity index (χ3n) is 5.48. The Kier molecular flexibility index (Phi) is 6.03. The highest BCUT2D eigenvalue weighted by molar-refractivity contribution is 6.30. The molecule has 35 heavy (non-hydrogen) atoms. The van der Waals surface area contributed by atoms with E-state index < -0.39 is 0 Å². The molecule has 174 valence electrons. The van der Waals surface area contributed by atoms with E-state index >= 15 is 0 Å². The summed E-state index contributed by atoms with van der Waals surface area (Å²) < 4.78 is 6.61. The van der Waals surface area contributed by atoms with Crippen LogP contribution in [0.2, 0.25) is 5.02 Å². The van der Waals surface area contributed by atoms with Crippen LogP contribution in [0.5, 0.6) is 5.75 Å². The maximum absolute atomic E-state index is 13.3. The van der Waals surface area contributed by atoms with Crippen molar-refractivity contribution in [1.82, 2.24) is 20.0 Å². The number of hydrogen-bond donors (Lipinski definition) is 2. The summed E-state index contributed by atoms with van der Waals surface area (Å²) in [5.41, 5.74) is 10.4. The minimum Gasteiger partial charge on any atom is -0.497 e. The number of ether oxygens (including phenoxy) is 1. The molecular weight excluding hydrogens is 464 g/mol. The van der Waals surface area contributed by atoms with Crippen LogP contribution in [0.15, 0.2) is 77.9 Å². The number of carbonyl (C=O) groups is 1. The Morgan fingerprint density at radius 1 is 1.09 bits per heavy atom. The predicted molar refractivity (Wildman–Crippen MR) is 138 cm³/mol. The van der Waals surface area contributed by atoms with E-state index in [2.05, 4.69) is 10.4 Å². The normalized spacial score (nSPS) is 11.4. The number of nitrogens with one attached hydrogen (secondary N) is 1. The summed E-state index contributed by atoms with van der Waals surface area (Å²) in [6.07, 6.45) is 1.61. The average Bonchev–Trinajstić information content (AvgIpc) is 3.15. The topological polar surface area (TPSA) is 107 Å². The number of halogens is 1. The number of nitrogen functional groups attached to an aromatic ring is 1. The number of nitrogens with two attached hydrogens (primary N) is 1. The maximum Gasteiger partial charge on any atom is 0.257 e. The number of aromatic nitrogens is 3. The van der Waals surface area contributed by atoms with Crippen LogP contribution in [0, 0.1) is 0 Å². The highest BCUT2D eigenvalue weighted by Crippen LogP contribution is 2.28. The molecule has 8 nitrogen and oxygen atoms in total. The summed E-state index contributed by atoms with van der Waals surface area (Å²) in [6, 6.07) is 22.1. The molecule has 5 rings (SSSR count). The fourth-order valence-electron chi connectivity index (χ4n) is 3.71. The van der Waals surface area contributed by atoms with E-state index in [0.29, 0.717) is 33.8 Å². The molecule has 0 saturated heterocycles. The lowest BCUT2D eigenvalue weighted by Gasteiger charge is -2.06. The molecule has 0 fully saturated rings. The molecule has 5 aromatic rings. The van der Waals surface area contributed by atoms with Crippen molar-refractivity contribution in [1.29, 1.82) is 0 Å². The molecule has 3 N–H and O–H groups in total. The van der Waals surface area contributed by atoms with Crippen LogP contribution in [0.25, 0.3) is 22.2 Å². The second kappa shape index (κ2) is 9.44. The smallest absolute Gasteiger partial charge is 0.257 e. The number of methoxy groups -OCH3 is 1. The SMILES string of the molecule is COc1ccc(CNC(=O)c2c(N)n(/N=C\c3cccc(Cl)c3)c3nc4ccccc4nc23)cc1. The Morgan fingerprint density at radius 3 is 2.54 bits per heavy atom. The molecule has 0 bridgehead atoms. The average molecular weight is 485 g/mol. The van der Waals surface area contributed by atoms with Gasteiger partial charge in [-0.3, -0.25) is 4.79 Å². The molecule has 2 heterocycles. The Morgan fingerprint density at radius 2 is 1.83 bits per heavy atom. The van der Waals surface area contributed by atoms with Crippen LogP contribution in [-0.2, 0) is 6.54 Å². The first-order chi connectivity index (χ1) is 17.0. The Balaban J connectivity index is 1.55. The first kappa shape index (κ1) is 22.4. The first-order valence-electron chi connectivity index (χ1n) is 10.8. The second-order valence-corrected chi connectivity index (χ2v) is 8.22. The van der Waals surface area contributed by atoms with E-state index in [9.17, 15) is 4.79 Å². The van der Waals surface area contributed by atoms with Crippen molar-refractivity contribution in [2.75, 3.05) is 12.8 Å². The lowest BCUT2D eigenvalue weighted by atomic mass is 10.2. The molecule has 3 aromatic carbocycles.